The first kappa shape index (κ1) is 19.0. The third-order valence-corrected chi connectivity index (χ3v) is 7.05. The van der Waals surface area contributed by atoms with E-state index in [1.165, 1.54) is 12.4 Å². The van der Waals surface area contributed by atoms with Gasteiger partial charge in [-0.15, -0.1) is 0 Å². The summed E-state index contributed by atoms with van der Waals surface area (Å²) in [7, 11) is -3.76. The van der Waals surface area contributed by atoms with E-state index >= 15 is 0 Å². The van der Waals surface area contributed by atoms with Gasteiger partial charge >= 0.3 is 0 Å². The Labute approximate surface area is 172 Å². The van der Waals surface area contributed by atoms with Crippen molar-refractivity contribution in [2.75, 3.05) is 30.8 Å². The standard InChI is InChI=1S/C20H20FN5O3S/c1-30(28,29)16-10-13(2-3-15(16)21)19(27)26-9-8-25(11-20(26)5-6-20)18-14-4-7-22-17(14)23-12-24-18/h2-4,7,10,12H,5-6,8-9,11H2,1H3,(H,22,23,24). The van der Waals surface area contributed by atoms with E-state index in [4.69, 9.17) is 0 Å². The predicted octanol–water partition coefficient (Wildman–Crippen LogP) is 2.00. The molecule has 1 aliphatic carbocycles. The fourth-order valence-electron chi connectivity index (χ4n) is 4.23. The van der Waals surface area contributed by atoms with Gasteiger partial charge in [-0.25, -0.2) is 22.8 Å². The van der Waals surface area contributed by atoms with Gasteiger partial charge in [0, 0.05) is 37.7 Å². The predicted molar refractivity (Wildman–Crippen MR) is 109 cm³/mol. The average Bonchev–Trinajstić information content (AvgIpc) is 3.29. The normalized spacial score (nSPS) is 18.2. The molecule has 2 aromatic heterocycles. The molecule has 8 nitrogen and oxygen atoms in total. The summed E-state index contributed by atoms with van der Waals surface area (Å²) in [6.07, 6.45) is 6.00. The van der Waals surface area contributed by atoms with E-state index < -0.39 is 20.5 Å². The molecule has 30 heavy (non-hydrogen) atoms. The van der Waals surface area contributed by atoms with Gasteiger partial charge in [-0.2, -0.15) is 0 Å². The number of nitrogens with zero attached hydrogens (tertiary/aromatic N) is 4. The van der Waals surface area contributed by atoms with Crippen LogP contribution in [0.25, 0.3) is 11.0 Å². The number of hydrogen-bond donors (Lipinski definition) is 1. The minimum absolute atomic E-state index is 0.187. The molecule has 2 aliphatic rings. The molecule has 3 aromatic rings. The van der Waals surface area contributed by atoms with Crippen LogP contribution in [0.2, 0.25) is 0 Å². The number of nitrogens with one attached hydrogen (secondary N) is 1. The Morgan fingerprint density at radius 1 is 1.20 bits per heavy atom. The number of carbonyl (C=O) groups is 1. The van der Waals surface area contributed by atoms with Crippen LogP contribution >= 0.6 is 0 Å². The number of anilines is 1. The van der Waals surface area contributed by atoms with Crippen LogP contribution in [0.3, 0.4) is 0 Å². The summed E-state index contributed by atoms with van der Waals surface area (Å²) in [5.74, 6) is -0.286. The number of amides is 1. The van der Waals surface area contributed by atoms with E-state index in [1.54, 1.807) is 4.90 Å². The highest BCUT2D eigenvalue weighted by molar-refractivity contribution is 7.90. The van der Waals surface area contributed by atoms with Gasteiger partial charge in [0.25, 0.3) is 5.91 Å². The maximum atomic E-state index is 14.0. The van der Waals surface area contributed by atoms with E-state index in [1.807, 2.05) is 12.3 Å². The van der Waals surface area contributed by atoms with Gasteiger partial charge in [-0.3, -0.25) is 4.79 Å². The molecule has 1 N–H and O–H groups in total. The average molecular weight is 429 g/mol. The van der Waals surface area contributed by atoms with E-state index in [0.717, 1.165) is 48.1 Å². The van der Waals surface area contributed by atoms with Crippen molar-refractivity contribution in [3.05, 3.63) is 48.2 Å². The van der Waals surface area contributed by atoms with Gasteiger partial charge in [-0.05, 0) is 37.1 Å². The summed E-state index contributed by atoms with van der Waals surface area (Å²) in [5.41, 5.74) is 0.636. The lowest BCUT2D eigenvalue weighted by Crippen LogP contribution is -2.57. The number of halogens is 1. The number of H-pyrrole nitrogens is 1. The summed E-state index contributed by atoms with van der Waals surface area (Å²) < 4.78 is 37.6. The van der Waals surface area contributed by atoms with Crippen LogP contribution in [-0.2, 0) is 9.84 Å². The first-order chi connectivity index (χ1) is 14.3. The second kappa shape index (κ2) is 6.49. The lowest BCUT2D eigenvalue weighted by Gasteiger charge is -2.43. The van der Waals surface area contributed by atoms with Crippen LogP contribution in [0.1, 0.15) is 23.2 Å². The summed E-state index contributed by atoms with van der Waals surface area (Å²) >= 11 is 0. The Balaban J connectivity index is 1.43. The molecule has 1 amide bonds. The number of aromatic amines is 1. The highest BCUT2D eigenvalue weighted by Gasteiger charge is 2.53. The number of aromatic nitrogens is 3. The second-order valence-electron chi connectivity index (χ2n) is 7.96. The molecule has 0 atom stereocenters. The van der Waals surface area contributed by atoms with Gasteiger partial charge in [-0.1, -0.05) is 0 Å². The van der Waals surface area contributed by atoms with Crippen molar-refractivity contribution in [1.82, 2.24) is 19.9 Å². The smallest absolute Gasteiger partial charge is 0.254 e. The zero-order valence-corrected chi connectivity index (χ0v) is 17.1. The van der Waals surface area contributed by atoms with Crippen molar-refractivity contribution < 1.29 is 17.6 Å². The minimum atomic E-state index is -3.76. The van der Waals surface area contributed by atoms with Gasteiger partial charge in [0.2, 0.25) is 0 Å². The van der Waals surface area contributed by atoms with Crippen molar-refractivity contribution in [3.8, 4) is 0 Å². The molecule has 2 fully saturated rings. The second-order valence-corrected chi connectivity index (χ2v) is 9.94. The topological polar surface area (TPSA) is 99.3 Å². The number of benzene rings is 1. The molecule has 1 aliphatic heterocycles. The molecule has 1 spiro atoms. The molecule has 10 heteroatoms. The number of fused-ring (bicyclic) bond motifs is 1. The van der Waals surface area contributed by atoms with Crippen molar-refractivity contribution in [1.29, 1.82) is 0 Å². The highest BCUT2D eigenvalue weighted by atomic mass is 32.2. The number of sulfone groups is 1. The number of rotatable bonds is 3. The van der Waals surface area contributed by atoms with E-state index in [-0.39, 0.29) is 17.0 Å². The molecule has 1 saturated heterocycles. The van der Waals surface area contributed by atoms with Crippen molar-refractivity contribution in [2.24, 2.45) is 0 Å². The van der Waals surface area contributed by atoms with Crippen molar-refractivity contribution in [3.63, 3.8) is 0 Å². The fraction of sp³-hybridized carbons (Fsp3) is 0.350. The van der Waals surface area contributed by atoms with Gasteiger partial charge < -0.3 is 14.8 Å². The zero-order chi connectivity index (χ0) is 21.1. The fourth-order valence-corrected chi connectivity index (χ4v) is 5.00. The monoisotopic (exact) mass is 429 g/mol. The molecular weight excluding hydrogens is 409 g/mol. The van der Waals surface area contributed by atoms with Gasteiger partial charge in [0.15, 0.2) is 9.84 Å². The Bertz CT molecular complexity index is 1270. The molecule has 1 aromatic carbocycles. The number of piperazine rings is 1. The zero-order valence-electron chi connectivity index (χ0n) is 16.3. The molecule has 0 radical (unpaired) electrons. The lowest BCUT2D eigenvalue weighted by molar-refractivity contribution is 0.0624. The van der Waals surface area contributed by atoms with E-state index in [0.29, 0.717) is 19.6 Å². The van der Waals surface area contributed by atoms with Crippen molar-refractivity contribution in [2.45, 2.75) is 23.3 Å². The van der Waals surface area contributed by atoms with Crippen LogP contribution in [0.15, 0.2) is 41.7 Å². The largest absolute Gasteiger partial charge is 0.352 e. The Kier molecular flexibility index (Phi) is 4.11. The first-order valence-corrected chi connectivity index (χ1v) is 11.5. The van der Waals surface area contributed by atoms with E-state index in [2.05, 4.69) is 19.9 Å². The molecule has 1 saturated carbocycles. The third-order valence-electron chi connectivity index (χ3n) is 5.93. The molecule has 3 heterocycles. The highest BCUT2D eigenvalue weighted by Crippen LogP contribution is 2.46. The summed E-state index contributed by atoms with van der Waals surface area (Å²) in [4.78, 5) is 28.5. The van der Waals surface area contributed by atoms with Gasteiger partial charge in [0.05, 0.1) is 10.9 Å². The quantitative estimate of drug-likeness (QED) is 0.684. The molecule has 5 rings (SSSR count). The SMILES string of the molecule is CS(=O)(=O)c1cc(C(=O)N2CCN(c3ncnc4[nH]ccc34)CC23CC3)ccc1F. The number of hydrogen-bond acceptors (Lipinski definition) is 6. The Morgan fingerprint density at radius 3 is 2.73 bits per heavy atom. The number of carbonyl (C=O) groups excluding carboxylic acids is 1. The molecule has 156 valence electrons. The summed E-state index contributed by atoms with van der Waals surface area (Å²) in [6.45, 7) is 1.70. The minimum Gasteiger partial charge on any atom is -0.352 e. The van der Waals surface area contributed by atoms with Crippen LogP contribution < -0.4 is 4.90 Å². The maximum absolute atomic E-state index is 14.0. The first-order valence-electron chi connectivity index (χ1n) is 9.63. The molecule has 0 bridgehead atoms. The van der Waals surface area contributed by atoms with Crippen LogP contribution in [-0.4, -0.2) is 65.6 Å². The lowest BCUT2D eigenvalue weighted by atomic mass is 10.1. The Hall–Kier alpha value is -3.01. The van der Waals surface area contributed by atoms with Gasteiger partial charge in [0.1, 0.15) is 28.5 Å². The van der Waals surface area contributed by atoms with Crippen LogP contribution in [0.5, 0.6) is 0 Å². The molecule has 0 unspecified atom stereocenters. The van der Waals surface area contributed by atoms with Crippen LogP contribution in [0.4, 0.5) is 10.2 Å². The van der Waals surface area contributed by atoms with E-state index in [9.17, 15) is 17.6 Å². The molecular formula is C20H20FN5O3S. The van der Waals surface area contributed by atoms with Crippen LogP contribution in [0, 0.1) is 5.82 Å². The summed E-state index contributed by atoms with van der Waals surface area (Å²) in [6, 6.07) is 5.47. The third kappa shape index (κ3) is 3.02. The maximum Gasteiger partial charge on any atom is 0.254 e. The summed E-state index contributed by atoms with van der Waals surface area (Å²) in [5, 5.41) is 0.935. The Morgan fingerprint density at radius 2 is 2.00 bits per heavy atom. The van der Waals surface area contributed by atoms with Crippen molar-refractivity contribution >= 4 is 32.6 Å².